The summed E-state index contributed by atoms with van der Waals surface area (Å²) in [6, 6.07) is 4.93. The van der Waals surface area contributed by atoms with Gasteiger partial charge in [-0.2, -0.15) is 0 Å². The van der Waals surface area contributed by atoms with Crippen LogP contribution in [-0.4, -0.2) is 18.2 Å². The second kappa shape index (κ2) is 6.59. The molecule has 2 atom stereocenters. The van der Waals surface area contributed by atoms with E-state index in [1.165, 1.54) is 56.2 Å². The summed E-state index contributed by atoms with van der Waals surface area (Å²) < 4.78 is 6.40. The lowest BCUT2D eigenvalue weighted by molar-refractivity contribution is -0.0359. The Morgan fingerprint density at radius 2 is 2.25 bits per heavy atom. The summed E-state index contributed by atoms with van der Waals surface area (Å²) in [6.45, 7) is 3.28. The molecule has 0 aromatic carbocycles. The van der Waals surface area contributed by atoms with Crippen LogP contribution in [0.1, 0.15) is 69.2 Å². The molecular weight excluding hydrogens is 266 g/mol. The van der Waals surface area contributed by atoms with Gasteiger partial charge in [-0.3, -0.25) is 0 Å². The molecule has 0 radical (unpaired) electrons. The maximum atomic E-state index is 6.40. The van der Waals surface area contributed by atoms with Gasteiger partial charge >= 0.3 is 0 Å². The summed E-state index contributed by atoms with van der Waals surface area (Å²) in [4.78, 5) is 1.47. The standard InChI is InChI=1S/C17H27NOS/c1-2-6-15(16-7-5-12-20-16)18-13-14-8-11-17(19-14)9-3-4-10-17/h5,7,12,14-15,18H,2-4,6,8-11,13H2,1H3. The molecule has 1 saturated heterocycles. The van der Waals surface area contributed by atoms with Crippen LogP contribution in [0.15, 0.2) is 17.5 Å². The van der Waals surface area contributed by atoms with Gasteiger partial charge < -0.3 is 10.1 Å². The molecule has 1 N–H and O–H groups in total. The smallest absolute Gasteiger partial charge is 0.0708 e. The predicted octanol–water partition coefficient (Wildman–Crippen LogP) is 4.67. The Labute approximate surface area is 126 Å². The van der Waals surface area contributed by atoms with Crippen LogP contribution in [0.4, 0.5) is 0 Å². The van der Waals surface area contributed by atoms with E-state index in [9.17, 15) is 0 Å². The lowest BCUT2D eigenvalue weighted by atomic mass is 9.98. The number of nitrogens with one attached hydrogen (secondary N) is 1. The van der Waals surface area contributed by atoms with E-state index >= 15 is 0 Å². The molecule has 2 nitrogen and oxygen atoms in total. The third-order valence-corrected chi connectivity index (χ3v) is 5.90. The topological polar surface area (TPSA) is 21.3 Å². The van der Waals surface area contributed by atoms with Crippen molar-refractivity contribution in [1.82, 2.24) is 5.32 Å². The van der Waals surface area contributed by atoms with E-state index in [-0.39, 0.29) is 5.60 Å². The van der Waals surface area contributed by atoms with Crippen molar-refractivity contribution in [2.75, 3.05) is 6.54 Å². The molecule has 2 unspecified atom stereocenters. The van der Waals surface area contributed by atoms with E-state index in [2.05, 4.69) is 29.8 Å². The molecule has 1 saturated carbocycles. The van der Waals surface area contributed by atoms with Gasteiger partial charge in [0, 0.05) is 17.5 Å². The summed E-state index contributed by atoms with van der Waals surface area (Å²) in [7, 11) is 0. The van der Waals surface area contributed by atoms with Gasteiger partial charge in [-0.05, 0) is 43.6 Å². The first-order valence-electron chi connectivity index (χ1n) is 8.26. The lowest BCUT2D eigenvalue weighted by Crippen LogP contribution is -2.32. The van der Waals surface area contributed by atoms with Gasteiger partial charge in [-0.1, -0.05) is 32.3 Å². The zero-order chi connectivity index (χ0) is 13.8. The van der Waals surface area contributed by atoms with Gasteiger partial charge in [0.05, 0.1) is 11.7 Å². The Morgan fingerprint density at radius 1 is 1.40 bits per heavy atom. The molecule has 1 aromatic heterocycles. The summed E-state index contributed by atoms with van der Waals surface area (Å²) in [6.07, 6.45) is 10.8. The Kier molecular flexibility index (Phi) is 4.79. The number of rotatable bonds is 6. The zero-order valence-electron chi connectivity index (χ0n) is 12.6. The highest BCUT2D eigenvalue weighted by molar-refractivity contribution is 7.10. The van der Waals surface area contributed by atoms with E-state index in [1.54, 1.807) is 0 Å². The molecule has 2 heterocycles. The van der Waals surface area contributed by atoms with Crippen molar-refractivity contribution >= 4 is 11.3 Å². The first-order valence-corrected chi connectivity index (χ1v) is 9.14. The van der Waals surface area contributed by atoms with Gasteiger partial charge in [0.1, 0.15) is 0 Å². The number of hydrogen-bond donors (Lipinski definition) is 1. The molecule has 20 heavy (non-hydrogen) atoms. The van der Waals surface area contributed by atoms with Gasteiger partial charge in [0.2, 0.25) is 0 Å². The van der Waals surface area contributed by atoms with E-state index in [4.69, 9.17) is 4.74 Å². The molecule has 0 bridgehead atoms. The summed E-state index contributed by atoms with van der Waals surface area (Å²) in [5.41, 5.74) is 0.273. The van der Waals surface area contributed by atoms with Crippen LogP contribution < -0.4 is 5.32 Å². The fraction of sp³-hybridized carbons (Fsp3) is 0.765. The van der Waals surface area contributed by atoms with E-state index in [0.717, 1.165) is 6.54 Å². The maximum absolute atomic E-state index is 6.40. The van der Waals surface area contributed by atoms with Gasteiger partial charge in [-0.15, -0.1) is 11.3 Å². The first-order chi connectivity index (χ1) is 9.81. The molecule has 3 rings (SSSR count). The molecule has 0 amide bonds. The molecule has 112 valence electrons. The first kappa shape index (κ1) is 14.6. The largest absolute Gasteiger partial charge is 0.370 e. The minimum atomic E-state index is 0.273. The summed E-state index contributed by atoms with van der Waals surface area (Å²) in [5, 5.41) is 5.94. The Bertz CT molecular complexity index is 397. The van der Waals surface area contributed by atoms with Crippen LogP contribution in [0.5, 0.6) is 0 Å². The van der Waals surface area contributed by atoms with Crippen LogP contribution in [0.3, 0.4) is 0 Å². The van der Waals surface area contributed by atoms with Crippen LogP contribution in [0, 0.1) is 0 Å². The monoisotopic (exact) mass is 293 g/mol. The fourth-order valence-corrected chi connectivity index (χ4v) is 4.66. The third-order valence-electron chi connectivity index (χ3n) is 4.91. The van der Waals surface area contributed by atoms with E-state index in [0.29, 0.717) is 12.1 Å². The minimum Gasteiger partial charge on any atom is -0.370 e. The molecule has 2 aliphatic rings. The van der Waals surface area contributed by atoms with Gasteiger partial charge in [-0.25, -0.2) is 0 Å². The van der Waals surface area contributed by atoms with E-state index < -0.39 is 0 Å². The SMILES string of the molecule is CCCC(NCC1CCC2(CCCC2)O1)c1cccs1. The highest BCUT2D eigenvalue weighted by atomic mass is 32.1. The number of ether oxygens (including phenoxy) is 1. The summed E-state index contributed by atoms with van der Waals surface area (Å²) in [5.74, 6) is 0. The molecule has 3 heteroatoms. The highest BCUT2D eigenvalue weighted by Gasteiger charge is 2.41. The average Bonchev–Trinajstić information content (AvgIpc) is 3.18. The quantitative estimate of drug-likeness (QED) is 0.823. The van der Waals surface area contributed by atoms with Crippen LogP contribution in [0.25, 0.3) is 0 Å². The predicted molar refractivity (Wildman–Crippen MR) is 85.3 cm³/mol. The maximum Gasteiger partial charge on any atom is 0.0708 e. The van der Waals surface area contributed by atoms with E-state index in [1.807, 2.05) is 11.3 Å². The van der Waals surface area contributed by atoms with Crippen molar-refractivity contribution in [3.63, 3.8) is 0 Å². The fourth-order valence-electron chi connectivity index (χ4n) is 3.82. The van der Waals surface area contributed by atoms with Crippen molar-refractivity contribution in [3.8, 4) is 0 Å². The normalized spacial score (nSPS) is 26.4. The van der Waals surface area contributed by atoms with Crippen LogP contribution in [0.2, 0.25) is 0 Å². The Balaban J connectivity index is 1.50. The Hall–Kier alpha value is -0.380. The second-order valence-electron chi connectivity index (χ2n) is 6.43. The molecule has 1 aliphatic heterocycles. The number of hydrogen-bond acceptors (Lipinski definition) is 3. The number of thiophene rings is 1. The van der Waals surface area contributed by atoms with Crippen LogP contribution in [-0.2, 0) is 4.74 Å². The lowest BCUT2D eigenvalue weighted by Gasteiger charge is -2.25. The van der Waals surface area contributed by atoms with Crippen molar-refractivity contribution in [3.05, 3.63) is 22.4 Å². The van der Waals surface area contributed by atoms with Gasteiger partial charge in [0.25, 0.3) is 0 Å². The molecule has 2 fully saturated rings. The molecule has 1 spiro atoms. The van der Waals surface area contributed by atoms with Crippen molar-refractivity contribution in [2.24, 2.45) is 0 Å². The van der Waals surface area contributed by atoms with Crippen molar-refractivity contribution in [2.45, 2.75) is 76.0 Å². The minimum absolute atomic E-state index is 0.273. The van der Waals surface area contributed by atoms with Crippen molar-refractivity contribution in [1.29, 1.82) is 0 Å². The third kappa shape index (κ3) is 3.26. The Morgan fingerprint density at radius 3 is 2.95 bits per heavy atom. The summed E-state index contributed by atoms with van der Waals surface area (Å²) >= 11 is 1.87. The molecule has 1 aliphatic carbocycles. The molecule has 1 aromatic rings. The average molecular weight is 293 g/mol. The van der Waals surface area contributed by atoms with Crippen LogP contribution >= 0.6 is 11.3 Å². The zero-order valence-corrected chi connectivity index (χ0v) is 13.4. The second-order valence-corrected chi connectivity index (χ2v) is 7.41. The van der Waals surface area contributed by atoms with Crippen molar-refractivity contribution < 1.29 is 4.74 Å². The molecular formula is C17H27NOS. The highest BCUT2D eigenvalue weighted by Crippen LogP contribution is 2.43. The van der Waals surface area contributed by atoms with Gasteiger partial charge in [0.15, 0.2) is 0 Å².